The molecule has 2 aromatic carbocycles. The van der Waals surface area contributed by atoms with Crippen LogP contribution in [0.3, 0.4) is 0 Å². The summed E-state index contributed by atoms with van der Waals surface area (Å²) < 4.78 is 0. The van der Waals surface area contributed by atoms with Crippen molar-refractivity contribution in [2.24, 2.45) is 0 Å². The van der Waals surface area contributed by atoms with E-state index in [0.29, 0.717) is 6.04 Å². The predicted molar refractivity (Wildman–Crippen MR) is 105 cm³/mol. The molecule has 0 N–H and O–H groups in total. The van der Waals surface area contributed by atoms with E-state index < -0.39 is 0 Å². The van der Waals surface area contributed by atoms with Gasteiger partial charge in [-0.1, -0.05) is 61.8 Å². The molecule has 2 aromatic rings. The van der Waals surface area contributed by atoms with E-state index in [-0.39, 0.29) is 0 Å². The number of fused-ring (bicyclic) bond motifs is 1. The van der Waals surface area contributed by atoms with Gasteiger partial charge in [-0.25, -0.2) is 0 Å². The standard InChI is InChI=1S/C22H28ClN/c1-3-14-24(15-4-2)18-12-13-19-17(16-18)8-7-10-20(19)21-9-5-6-11-22(21)23/h5-11,18H,3-4,12-16H2,1-2H3/t18-/m1/s1. The summed E-state index contributed by atoms with van der Waals surface area (Å²) in [4.78, 5) is 2.70. The maximum absolute atomic E-state index is 6.45. The van der Waals surface area contributed by atoms with Crippen LogP contribution in [0.5, 0.6) is 0 Å². The van der Waals surface area contributed by atoms with Gasteiger partial charge in [-0.05, 0) is 68.0 Å². The molecule has 0 heterocycles. The van der Waals surface area contributed by atoms with E-state index in [9.17, 15) is 0 Å². The summed E-state index contributed by atoms with van der Waals surface area (Å²) in [7, 11) is 0. The van der Waals surface area contributed by atoms with Crippen LogP contribution in [0, 0.1) is 0 Å². The minimum atomic E-state index is 0.693. The molecule has 128 valence electrons. The number of hydrogen-bond donors (Lipinski definition) is 0. The Kier molecular flexibility index (Phi) is 5.97. The van der Waals surface area contributed by atoms with Crippen LogP contribution in [0.2, 0.25) is 5.02 Å². The highest BCUT2D eigenvalue weighted by atomic mass is 35.5. The van der Waals surface area contributed by atoms with E-state index in [4.69, 9.17) is 11.6 Å². The molecule has 1 nitrogen and oxygen atoms in total. The highest BCUT2D eigenvalue weighted by Gasteiger charge is 2.25. The second-order valence-electron chi connectivity index (χ2n) is 6.86. The van der Waals surface area contributed by atoms with E-state index in [1.165, 1.54) is 61.0 Å². The zero-order valence-corrected chi connectivity index (χ0v) is 15.6. The van der Waals surface area contributed by atoms with Crippen molar-refractivity contribution in [2.45, 2.75) is 52.0 Å². The summed E-state index contributed by atoms with van der Waals surface area (Å²) in [5, 5.41) is 0.853. The number of nitrogens with zero attached hydrogens (tertiary/aromatic N) is 1. The van der Waals surface area contributed by atoms with Gasteiger partial charge in [-0.3, -0.25) is 0 Å². The van der Waals surface area contributed by atoms with Crippen LogP contribution in [0.1, 0.15) is 44.2 Å². The van der Waals surface area contributed by atoms with E-state index in [0.717, 1.165) is 11.4 Å². The maximum atomic E-state index is 6.45. The van der Waals surface area contributed by atoms with Crippen molar-refractivity contribution in [1.82, 2.24) is 4.90 Å². The normalized spacial score (nSPS) is 17.1. The van der Waals surface area contributed by atoms with Gasteiger partial charge in [0.05, 0.1) is 0 Å². The number of halogens is 1. The molecule has 0 saturated carbocycles. The van der Waals surface area contributed by atoms with Gasteiger partial charge in [0.25, 0.3) is 0 Å². The lowest BCUT2D eigenvalue weighted by molar-refractivity contribution is 0.180. The van der Waals surface area contributed by atoms with Crippen LogP contribution in [0.25, 0.3) is 11.1 Å². The summed E-state index contributed by atoms with van der Waals surface area (Å²) in [5.41, 5.74) is 5.53. The van der Waals surface area contributed by atoms with Crippen LogP contribution >= 0.6 is 11.6 Å². The van der Waals surface area contributed by atoms with Gasteiger partial charge in [0, 0.05) is 16.6 Å². The van der Waals surface area contributed by atoms with Gasteiger partial charge in [0.15, 0.2) is 0 Å². The van der Waals surface area contributed by atoms with Crippen LogP contribution in [-0.2, 0) is 12.8 Å². The molecule has 1 aliphatic rings. The molecule has 0 bridgehead atoms. The van der Waals surface area contributed by atoms with Crippen molar-refractivity contribution < 1.29 is 0 Å². The Morgan fingerprint density at radius 1 is 0.958 bits per heavy atom. The molecule has 0 fully saturated rings. The third-order valence-corrected chi connectivity index (χ3v) is 5.49. The summed E-state index contributed by atoms with van der Waals surface area (Å²) in [6.45, 7) is 7.01. The quantitative estimate of drug-likeness (QED) is 0.624. The second-order valence-corrected chi connectivity index (χ2v) is 7.26. The van der Waals surface area contributed by atoms with Gasteiger partial charge in [-0.15, -0.1) is 0 Å². The average Bonchev–Trinajstić information content (AvgIpc) is 2.61. The first-order valence-corrected chi connectivity index (χ1v) is 9.72. The summed E-state index contributed by atoms with van der Waals surface area (Å²) in [6.07, 6.45) is 6.07. The van der Waals surface area contributed by atoms with E-state index in [2.05, 4.69) is 49.1 Å². The Labute approximate surface area is 151 Å². The molecule has 3 rings (SSSR count). The second kappa shape index (κ2) is 8.18. The molecule has 0 unspecified atom stereocenters. The third kappa shape index (κ3) is 3.68. The Morgan fingerprint density at radius 2 is 1.67 bits per heavy atom. The van der Waals surface area contributed by atoms with Crippen LogP contribution in [-0.4, -0.2) is 24.0 Å². The lowest BCUT2D eigenvalue weighted by atomic mass is 9.83. The van der Waals surface area contributed by atoms with Gasteiger partial charge < -0.3 is 4.90 Å². The van der Waals surface area contributed by atoms with Crippen molar-refractivity contribution in [2.75, 3.05) is 13.1 Å². The third-order valence-electron chi connectivity index (χ3n) is 5.16. The molecule has 0 amide bonds. The van der Waals surface area contributed by atoms with Crippen LogP contribution < -0.4 is 0 Å². The Morgan fingerprint density at radius 3 is 2.38 bits per heavy atom. The predicted octanol–water partition coefficient (Wildman–Crippen LogP) is 5.99. The zero-order chi connectivity index (χ0) is 16.9. The molecule has 0 saturated heterocycles. The van der Waals surface area contributed by atoms with E-state index in [1.54, 1.807) is 0 Å². The number of rotatable bonds is 6. The van der Waals surface area contributed by atoms with Crippen LogP contribution in [0.15, 0.2) is 42.5 Å². The van der Waals surface area contributed by atoms with Gasteiger partial charge in [0.2, 0.25) is 0 Å². The smallest absolute Gasteiger partial charge is 0.0484 e. The zero-order valence-electron chi connectivity index (χ0n) is 14.9. The lowest BCUT2D eigenvalue weighted by Gasteiger charge is -2.35. The van der Waals surface area contributed by atoms with Gasteiger partial charge >= 0.3 is 0 Å². The topological polar surface area (TPSA) is 3.24 Å². The van der Waals surface area contributed by atoms with Crippen molar-refractivity contribution in [3.63, 3.8) is 0 Å². The fourth-order valence-corrected chi connectivity index (χ4v) is 4.32. The molecular weight excluding hydrogens is 314 g/mol. The number of hydrogen-bond acceptors (Lipinski definition) is 1. The molecule has 2 heteroatoms. The first-order chi connectivity index (χ1) is 11.7. The molecule has 24 heavy (non-hydrogen) atoms. The average molecular weight is 342 g/mol. The molecule has 0 radical (unpaired) electrons. The number of benzene rings is 2. The molecular formula is C22H28ClN. The highest BCUT2D eigenvalue weighted by Crippen LogP contribution is 2.36. The molecule has 0 aliphatic heterocycles. The molecule has 1 atom stereocenters. The van der Waals surface area contributed by atoms with E-state index >= 15 is 0 Å². The highest BCUT2D eigenvalue weighted by molar-refractivity contribution is 6.33. The monoisotopic (exact) mass is 341 g/mol. The fraction of sp³-hybridized carbons (Fsp3) is 0.455. The van der Waals surface area contributed by atoms with Crippen molar-refractivity contribution in [1.29, 1.82) is 0 Å². The SMILES string of the molecule is CCCN(CCC)[C@@H]1CCc2c(cccc2-c2ccccc2Cl)C1. The lowest BCUT2D eigenvalue weighted by Crippen LogP contribution is -2.40. The largest absolute Gasteiger partial charge is 0.300 e. The Bertz CT molecular complexity index is 673. The van der Waals surface area contributed by atoms with Crippen LogP contribution in [0.4, 0.5) is 0 Å². The van der Waals surface area contributed by atoms with Gasteiger partial charge in [0.1, 0.15) is 0 Å². The summed E-state index contributed by atoms with van der Waals surface area (Å²) >= 11 is 6.45. The first kappa shape index (κ1) is 17.5. The Hall–Kier alpha value is -1.31. The molecule has 1 aliphatic carbocycles. The van der Waals surface area contributed by atoms with Gasteiger partial charge in [-0.2, -0.15) is 0 Å². The summed E-state index contributed by atoms with van der Waals surface area (Å²) in [5.74, 6) is 0. The Balaban J connectivity index is 1.89. The maximum Gasteiger partial charge on any atom is 0.0484 e. The van der Waals surface area contributed by atoms with Crippen molar-refractivity contribution in [3.05, 3.63) is 58.6 Å². The summed E-state index contributed by atoms with van der Waals surface area (Å²) in [6, 6.07) is 15.7. The minimum Gasteiger partial charge on any atom is -0.300 e. The van der Waals surface area contributed by atoms with Crippen molar-refractivity contribution in [3.8, 4) is 11.1 Å². The molecule has 0 spiro atoms. The molecule has 0 aromatic heterocycles. The van der Waals surface area contributed by atoms with Crippen molar-refractivity contribution >= 4 is 11.6 Å². The van der Waals surface area contributed by atoms with E-state index in [1.807, 2.05) is 12.1 Å². The first-order valence-electron chi connectivity index (χ1n) is 9.34. The fourth-order valence-electron chi connectivity index (χ4n) is 4.08. The minimum absolute atomic E-state index is 0.693.